The molecule has 1 aromatic rings. The van der Waals surface area contributed by atoms with E-state index in [0.29, 0.717) is 0 Å². The summed E-state index contributed by atoms with van der Waals surface area (Å²) in [5.74, 6) is -0.171. The number of carbonyl (C=O) groups excluding carboxylic acids is 1. The number of hydrogen-bond acceptors (Lipinski definition) is 2. The largest absolute Gasteiger partial charge is 0.483 e. The summed E-state index contributed by atoms with van der Waals surface area (Å²) >= 11 is 5.16. The first-order chi connectivity index (χ1) is 6.90. The molecule has 0 aromatic heterocycles. The fraction of sp³-hybridized carbons (Fsp3) is 0.222. The molecule has 0 radical (unpaired) electrons. The Hall–Kier alpha value is -1.23. The fourth-order valence-electron chi connectivity index (χ4n) is 0.914. The van der Waals surface area contributed by atoms with Crippen molar-refractivity contribution < 1.29 is 22.7 Å². The molecule has 0 spiro atoms. The zero-order chi connectivity index (χ0) is 11.5. The van der Waals surface area contributed by atoms with Crippen molar-refractivity contribution in [1.82, 2.24) is 0 Å². The summed E-state index contributed by atoms with van der Waals surface area (Å²) < 4.78 is 39.9. The lowest BCUT2D eigenvalue weighted by molar-refractivity contribution is -0.153. The van der Waals surface area contributed by atoms with Crippen molar-refractivity contribution in [2.45, 2.75) is 6.18 Å². The predicted octanol–water partition coefficient (Wildman–Crippen LogP) is 3.01. The summed E-state index contributed by atoms with van der Waals surface area (Å²) in [7, 11) is 0. The first-order valence-corrected chi connectivity index (χ1v) is 4.26. The molecule has 0 aliphatic rings. The van der Waals surface area contributed by atoms with Crippen LogP contribution in [-0.4, -0.2) is 18.0 Å². The Morgan fingerprint density at radius 1 is 1.33 bits per heavy atom. The Labute approximate surface area is 88.6 Å². The lowest BCUT2D eigenvalue weighted by atomic mass is 10.2. The normalized spacial score (nSPS) is 11.2. The molecule has 2 nitrogen and oxygen atoms in total. The number of ether oxygens (including phenoxy) is 1. The SMILES string of the molecule is O=C(Cl)c1ccccc1OCC(F)(F)F. The third-order valence-electron chi connectivity index (χ3n) is 1.49. The molecule has 0 aliphatic heterocycles. The topological polar surface area (TPSA) is 26.3 Å². The van der Waals surface area contributed by atoms with Crippen LogP contribution in [-0.2, 0) is 0 Å². The van der Waals surface area contributed by atoms with Crippen LogP contribution in [0.15, 0.2) is 24.3 Å². The summed E-state index contributed by atoms with van der Waals surface area (Å²) in [6.45, 7) is -1.45. The summed E-state index contributed by atoms with van der Waals surface area (Å²) in [6.07, 6.45) is -4.44. The minimum Gasteiger partial charge on any atom is -0.483 e. The number of hydrogen-bond donors (Lipinski definition) is 0. The van der Waals surface area contributed by atoms with Crippen molar-refractivity contribution >= 4 is 16.8 Å². The van der Waals surface area contributed by atoms with Gasteiger partial charge in [-0.25, -0.2) is 0 Å². The van der Waals surface area contributed by atoms with Crippen LogP contribution >= 0.6 is 11.6 Å². The van der Waals surface area contributed by atoms with Crippen LogP contribution in [0.4, 0.5) is 13.2 Å². The second-order valence-corrected chi connectivity index (χ2v) is 3.02. The van der Waals surface area contributed by atoms with Gasteiger partial charge in [0.15, 0.2) is 6.61 Å². The second kappa shape index (κ2) is 4.53. The summed E-state index contributed by atoms with van der Waals surface area (Å²) in [6, 6.07) is 5.48. The third kappa shape index (κ3) is 3.79. The molecule has 0 saturated carbocycles. The van der Waals surface area contributed by atoms with Crippen molar-refractivity contribution in [3.63, 3.8) is 0 Å². The number of alkyl halides is 3. The van der Waals surface area contributed by atoms with Crippen LogP contribution in [0, 0.1) is 0 Å². The maximum absolute atomic E-state index is 11.8. The maximum atomic E-state index is 11.8. The van der Waals surface area contributed by atoms with E-state index in [1.54, 1.807) is 0 Å². The molecule has 0 atom stereocenters. The second-order valence-electron chi connectivity index (χ2n) is 2.67. The van der Waals surface area contributed by atoms with Gasteiger partial charge in [-0.2, -0.15) is 13.2 Å². The molecule has 1 rings (SSSR count). The van der Waals surface area contributed by atoms with Crippen molar-refractivity contribution in [3.8, 4) is 5.75 Å². The molecular weight excluding hydrogens is 233 g/mol. The Kier molecular flexibility index (Phi) is 3.57. The molecule has 6 heteroatoms. The van der Waals surface area contributed by atoms with Crippen LogP contribution < -0.4 is 4.74 Å². The van der Waals surface area contributed by atoms with E-state index in [0.717, 1.165) is 0 Å². The summed E-state index contributed by atoms with van der Waals surface area (Å²) in [4.78, 5) is 10.8. The first-order valence-electron chi connectivity index (χ1n) is 3.88. The van der Waals surface area contributed by atoms with E-state index in [4.69, 9.17) is 11.6 Å². The lowest BCUT2D eigenvalue weighted by Gasteiger charge is -2.10. The molecule has 0 bridgehead atoms. The van der Waals surface area contributed by atoms with E-state index in [-0.39, 0.29) is 11.3 Å². The maximum Gasteiger partial charge on any atom is 0.422 e. The number of benzene rings is 1. The Bertz CT molecular complexity index is 363. The third-order valence-corrected chi connectivity index (χ3v) is 1.69. The molecule has 0 unspecified atom stereocenters. The molecular formula is C9H6ClF3O2. The fourth-order valence-corrected chi connectivity index (χ4v) is 1.07. The average Bonchev–Trinajstić information content (AvgIpc) is 2.14. The van der Waals surface area contributed by atoms with Crippen LogP contribution in [0.3, 0.4) is 0 Å². The van der Waals surface area contributed by atoms with Crippen LogP contribution in [0.1, 0.15) is 10.4 Å². The van der Waals surface area contributed by atoms with Gasteiger partial charge in [-0.15, -0.1) is 0 Å². The highest BCUT2D eigenvalue weighted by molar-refractivity contribution is 6.68. The van der Waals surface area contributed by atoms with Crippen LogP contribution in [0.5, 0.6) is 5.75 Å². The van der Waals surface area contributed by atoms with E-state index in [2.05, 4.69) is 4.74 Å². The number of carbonyl (C=O) groups is 1. The monoisotopic (exact) mass is 238 g/mol. The van der Waals surface area contributed by atoms with E-state index in [1.807, 2.05) is 0 Å². The summed E-state index contributed by atoms with van der Waals surface area (Å²) in [5.41, 5.74) is -0.0802. The van der Waals surface area contributed by atoms with Crippen molar-refractivity contribution in [3.05, 3.63) is 29.8 Å². The van der Waals surface area contributed by atoms with Gasteiger partial charge in [-0.05, 0) is 23.7 Å². The van der Waals surface area contributed by atoms with Crippen molar-refractivity contribution in [2.24, 2.45) is 0 Å². The molecule has 0 N–H and O–H groups in total. The number of halogens is 4. The minimum absolute atomic E-state index is 0.0802. The summed E-state index contributed by atoms with van der Waals surface area (Å²) in [5, 5.41) is -0.854. The number of para-hydroxylation sites is 1. The van der Waals surface area contributed by atoms with Crippen molar-refractivity contribution in [2.75, 3.05) is 6.61 Å². The molecule has 0 amide bonds. The quantitative estimate of drug-likeness (QED) is 0.757. The average molecular weight is 239 g/mol. The smallest absolute Gasteiger partial charge is 0.422 e. The highest BCUT2D eigenvalue weighted by Gasteiger charge is 2.29. The highest BCUT2D eigenvalue weighted by atomic mass is 35.5. The molecule has 0 heterocycles. The van der Waals surface area contributed by atoms with Gasteiger partial charge in [0.25, 0.3) is 5.24 Å². The predicted molar refractivity (Wildman–Crippen MR) is 48.2 cm³/mol. The Morgan fingerprint density at radius 2 is 1.93 bits per heavy atom. The van der Waals surface area contributed by atoms with Gasteiger partial charge in [-0.1, -0.05) is 12.1 Å². The van der Waals surface area contributed by atoms with Gasteiger partial charge in [0.2, 0.25) is 0 Å². The van der Waals surface area contributed by atoms with Gasteiger partial charge in [0.05, 0.1) is 5.56 Å². The molecule has 0 saturated heterocycles. The Morgan fingerprint density at radius 3 is 2.47 bits per heavy atom. The zero-order valence-electron chi connectivity index (χ0n) is 7.34. The van der Waals surface area contributed by atoms with Crippen molar-refractivity contribution in [1.29, 1.82) is 0 Å². The van der Waals surface area contributed by atoms with Gasteiger partial charge < -0.3 is 4.74 Å². The highest BCUT2D eigenvalue weighted by Crippen LogP contribution is 2.23. The van der Waals surface area contributed by atoms with E-state index < -0.39 is 18.0 Å². The van der Waals surface area contributed by atoms with Gasteiger partial charge in [-0.3, -0.25) is 4.79 Å². The first kappa shape index (κ1) is 11.8. The lowest BCUT2D eigenvalue weighted by Crippen LogP contribution is -2.19. The van der Waals surface area contributed by atoms with Gasteiger partial charge in [0.1, 0.15) is 5.75 Å². The molecule has 0 fully saturated rings. The van der Waals surface area contributed by atoms with Crippen LogP contribution in [0.2, 0.25) is 0 Å². The minimum atomic E-state index is -4.44. The molecule has 15 heavy (non-hydrogen) atoms. The zero-order valence-corrected chi connectivity index (χ0v) is 8.10. The standard InChI is InChI=1S/C9H6ClF3O2/c10-8(14)6-3-1-2-4-7(6)15-5-9(11,12)13/h1-4H,5H2. The van der Waals surface area contributed by atoms with Gasteiger partial charge >= 0.3 is 6.18 Å². The van der Waals surface area contributed by atoms with Crippen LogP contribution in [0.25, 0.3) is 0 Å². The molecule has 82 valence electrons. The Balaban J connectivity index is 2.81. The van der Waals surface area contributed by atoms with E-state index in [1.165, 1.54) is 24.3 Å². The molecule has 1 aromatic carbocycles. The molecule has 0 aliphatic carbocycles. The van der Waals surface area contributed by atoms with E-state index >= 15 is 0 Å². The number of rotatable bonds is 3. The van der Waals surface area contributed by atoms with Gasteiger partial charge in [0, 0.05) is 0 Å². The van der Waals surface area contributed by atoms with E-state index in [9.17, 15) is 18.0 Å².